The van der Waals surface area contributed by atoms with Crippen LogP contribution in [0.3, 0.4) is 0 Å². The van der Waals surface area contributed by atoms with Gasteiger partial charge in [0.2, 0.25) is 5.89 Å². The van der Waals surface area contributed by atoms with Crippen LogP contribution in [-0.2, 0) is 0 Å². The van der Waals surface area contributed by atoms with Gasteiger partial charge in [0.1, 0.15) is 5.82 Å². The zero-order chi connectivity index (χ0) is 10.1. The maximum atomic E-state index is 12.6. The Hall–Kier alpha value is -1.29. The van der Waals surface area contributed by atoms with Crippen LogP contribution in [0.2, 0.25) is 0 Å². The molecule has 0 bridgehead atoms. The fourth-order valence-corrected chi connectivity index (χ4v) is 1.24. The first-order valence-electron chi connectivity index (χ1n) is 4.09. The van der Waals surface area contributed by atoms with Crippen LogP contribution in [0.1, 0.15) is 5.69 Å². The second-order valence-corrected chi connectivity index (χ2v) is 3.32. The van der Waals surface area contributed by atoms with Gasteiger partial charge < -0.3 is 4.42 Å². The van der Waals surface area contributed by atoms with Gasteiger partial charge in [0.05, 0.1) is 5.69 Å². The van der Waals surface area contributed by atoms with E-state index >= 15 is 0 Å². The van der Waals surface area contributed by atoms with E-state index in [9.17, 15) is 4.39 Å². The Morgan fingerprint density at radius 3 is 2.43 bits per heavy atom. The lowest BCUT2D eigenvalue weighted by Crippen LogP contribution is -1.78. The predicted molar refractivity (Wildman–Crippen MR) is 53.9 cm³/mol. The van der Waals surface area contributed by atoms with Crippen molar-refractivity contribution in [3.8, 4) is 11.5 Å². The molecule has 0 unspecified atom stereocenters. The largest absolute Gasteiger partial charge is 0.430 e. The summed E-state index contributed by atoms with van der Waals surface area (Å²) in [4.78, 5) is 4.14. The average molecular weight is 209 g/mol. The maximum absolute atomic E-state index is 12.6. The minimum atomic E-state index is -0.275. The summed E-state index contributed by atoms with van der Waals surface area (Å²) in [5.41, 5.74) is 1.47. The summed E-state index contributed by atoms with van der Waals surface area (Å²) >= 11 is 4.09. The van der Waals surface area contributed by atoms with Gasteiger partial charge in [-0.2, -0.15) is 0 Å². The first-order valence-corrected chi connectivity index (χ1v) is 4.54. The van der Waals surface area contributed by atoms with E-state index in [4.69, 9.17) is 4.42 Å². The molecule has 2 rings (SSSR count). The summed E-state index contributed by atoms with van der Waals surface area (Å²) in [5.74, 6) is 0.190. The van der Waals surface area contributed by atoms with Crippen molar-refractivity contribution in [2.75, 3.05) is 0 Å². The molecule has 0 fully saturated rings. The lowest BCUT2D eigenvalue weighted by atomic mass is 10.2. The van der Waals surface area contributed by atoms with Gasteiger partial charge in [0.15, 0.2) is 5.09 Å². The number of nitrogens with zero attached hydrogens (tertiary/aromatic N) is 1. The van der Waals surface area contributed by atoms with Gasteiger partial charge in [-0.15, -0.1) is 12.6 Å². The van der Waals surface area contributed by atoms with Crippen molar-refractivity contribution in [1.29, 1.82) is 0 Å². The lowest BCUT2D eigenvalue weighted by molar-refractivity contribution is 0.483. The number of halogens is 1. The second-order valence-electron chi connectivity index (χ2n) is 2.92. The first-order chi connectivity index (χ1) is 6.66. The van der Waals surface area contributed by atoms with Gasteiger partial charge >= 0.3 is 0 Å². The highest BCUT2D eigenvalue weighted by Crippen LogP contribution is 2.23. The molecule has 2 nitrogen and oxygen atoms in total. The Morgan fingerprint density at radius 2 is 1.93 bits per heavy atom. The summed E-state index contributed by atoms with van der Waals surface area (Å²) in [6.07, 6.45) is 0. The van der Waals surface area contributed by atoms with Crippen molar-refractivity contribution >= 4 is 12.6 Å². The second kappa shape index (κ2) is 3.46. The lowest BCUT2D eigenvalue weighted by Gasteiger charge is -1.93. The smallest absolute Gasteiger partial charge is 0.227 e. The average Bonchev–Trinajstić information content (AvgIpc) is 2.48. The molecule has 72 valence electrons. The molecule has 2 aromatic rings. The van der Waals surface area contributed by atoms with Gasteiger partial charge in [-0.1, -0.05) is 0 Å². The molecule has 4 heteroatoms. The number of oxazole rings is 1. The summed E-state index contributed by atoms with van der Waals surface area (Å²) < 4.78 is 17.9. The van der Waals surface area contributed by atoms with E-state index in [-0.39, 0.29) is 5.82 Å². The van der Waals surface area contributed by atoms with Crippen LogP contribution in [0, 0.1) is 12.7 Å². The highest BCUT2D eigenvalue weighted by atomic mass is 32.1. The molecule has 14 heavy (non-hydrogen) atoms. The van der Waals surface area contributed by atoms with Crippen molar-refractivity contribution < 1.29 is 8.81 Å². The van der Waals surface area contributed by atoms with Gasteiger partial charge in [0, 0.05) is 5.56 Å². The molecule has 0 atom stereocenters. The number of aryl methyl sites for hydroxylation is 1. The Bertz CT molecular complexity index is 430. The summed E-state index contributed by atoms with van der Waals surface area (Å²) in [6.45, 7) is 1.80. The number of rotatable bonds is 1. The predicted octanol–water partition coefficient (Wildman–Crippen LogP) is 3.08. The van der Waals surface area contributed by atoms with Gasteiger partial charge in [-0.3, -0.25) is 0 Å². The molecule has 0 spiro atoms. The van der Waals surface area contributed by atoms with Crippen molar-refractivity contribution in [3.05, 3.63) is 35.8 Å². The number of aromatic nitrogens is 1. The third kappa shape index (κ3) is 1.65. The fraction of sp³-hybridized carbons (Fsp3) is 0.100. The molecule has 1 heterocycles. The highest BCUT2D eigenvalue weighted by Gasteiger charge is 2.07. The van der Waals surface area contributed by atoms with E-state index < -0.39 is 0 Å². The van der Waals surface area contributed by atoms with Crippen LogP contribution in [0.4, 0.5) is 4.39 Å². The zero-order valence-electron chi connectivity index (χ0n) is 7.49. The van der Waals surface area contributed by atoms with Gasteiger partial charge in [0.25, 0.3) is 0 Å². The Labute approximate surface area is 86.2 Å². The topological polar surface area (TPSA) is 26.0 Å². The van der Waals surface area contributed by atoms with E-state index in [0.717, 1.165) is 11.3 Å². The van der Waals surface area contributed by atoms with Crippen LogP contribution in [-0.4, -0.2) is 4.98 Å². The van der Waals surface area contributed by atoms with Crippen LogP contribution in [0.25, 0.3) is 11.5 Å². The highest BCUT2D eigenvalue weighted by molar-refractivity contribution is 7.80. The molecule has 1 aromatic heterocycles. The normalized spacial score (nSPS) is 10.5. The van der Waals surface area contributed by atoms with Crippen LogP contribution in [0.5, 0.6) is 0 Å². The van der Waals surface area contributed by atoms with Crippen molar-refractivity contribution in [2.45, 2.75) is 12.0 Å². The number of hydrogen-bond acceptors (Lipinski definition) is 3. The number of hydrogen-bond donors (Lipinski definition) is 1. The van der Waals surface area contributed by atoms with Crippen molar-refractivity contribution in [2.24, 2.45) is 0 Å². The molecule has 0 saturated carbocycles. The molecule has 0 saturated heterocycles. The Kier molecular flexibility index (Phi) is 2.29. The molecule has 0 aliphatic carbocycles. The van der Waals surface area contributed by atoms with Crippen LogP contribution in [0.15, 0.2) is 33.8 Å². The summed E-state index contributed by atoms with van der Waals surface area (Å²) in [7, 11) is 0. The molecular formula is C10H8FNOS. The quantitative estimate of drug-likeness (QED) is 0.730. The molecular weight excluding hydrogens is 201 g/mol. The fourth-order valence-electron chi connectivity index (χ4n) is 1.10. The van der Waals surface area contributed by atoms with E-state index in [1.165, 1.54) is 12.1 Å². The standard InChI is InChI=1S/C10H8FNOS/c1-6-10(14)13-9(12-6)7-2-4-8(11)5-3-7/h2-5,14H,1H3. The third-order valence-electron chi connectivity index (χ3n) is 1.86. The van der Waals surface area contributed by atoms with Crippen LogP contribution < -0.4 is 0 Å². The van der Waals surface area contributed by atoms with Gasteiger partial charge in [-0.05, 0) is 31.2 Å². The molecule has 0 aliphatic heterocycles. The summed E-state index contributed by atoms with van der Waals surface area (Å²) in [5, 5.41) is 0.490. The molecule has 0 N–H and O–H groups in total. The molecule has 0 aliphatic rings. The van der Waals surface area contributed by atoms with E-state index in [0.29, 0.717) is 11.0 Å². The SMILES string of the molecule is Cc1nc(-c2ccc(F)cc2)oc1S. The van der Waals surface area contributed by atoms with Crippen molar-refractivity contribution in [3.63, 3.8) is 0 Å². The first kappa shape index (κ1) is 9.27. The van der Waals surface area contributed by atoms with Crippen LogP contribution >= 0.6 is 12.6 Å². The summed E-state index contributed by atoms with van der Waals surface area (Å²) in [6, 6.07) is 5.97. The van der Waals surface area contributed by atoms with Crippen molar-refractivity contribution in [1.82, 2.24) is 4.98 Å². The molecule has 1 aromatic carbocycles. The monoisotopic (exact) mass is 209 g/mol. The van der Waals surface area contributed by atoms with E-state index in [2.05, 4.69) is 17.6 Å². The third-order valence-corrected chi connectivity index (χ3v) is 2.28. The number of thiol groups is 1. The molecule has 0 amide bonds. The Balaban J connectivity index is 2.44. The van der Waals surface area contributed by atoms with E-state index in [1.54, 1.807) is 19.1 Å². The Morgan fingerprint density at radius 1 is 1.29 bits per heavy atom. The maximum Gasteiger partial charge on any atom is 0.227 e. The minimum absolute atomic E-state index is 0.275. The minimum Gasteiger partial charge on any atom is -0.430 e. The van der Waals surface area contributed by atoms with E-state index in [1.807, 2.05) is 0 Å². The molecule has 0 radical (unpaired) electrons. The number of benzene rings is 1. The zero-order valence-corrected chi connectivity index (χ0v) is 8.38. The van der Waals surface area contributed by atoms with Gasteiger partial charge in [-0.25, -0.2) is 9.37 Å².